The summed E-state index contributed by atoms with van der Waals surface area (Å²) in [5, 5.41) is 9.73. The Hall–Kier alpha value is -1.81. The Kier molecular flexibility index (Phi) is 5.24. The molecule has 5 nitrogen and oxygen atoms in total. The van der Waals surface area contributed by atoms with Crippen molar-refractivity contribution in [3.8, 4) is 11.5 Å². The molecule has 0 heterocycles. The number of phenolic OH excluding ortho intramolecular Hbond substituents is 1. The van der Waals surface area contributed by atoms with Gasteiger partial charge in [0.1, 0.15) is 5.75 Å². The molecule has 6 heteroatoms. The minimum atomic E-state index is -3.92. The fourth-order valence-electron chi connectivity index (χ4n) is 1.99. The first-order valence-corrected chi connectivity index (χ1v) is 8.68. The van der Waals surface area contributed by atoms with Crippen LogP contribution in [0.3, 0.4) is 0 Å². The normalized spacial score (nSPS) is 13.8. The molecule has 0 fully saturated rings. The van der Waals surface area contributed by atoms with Gasteiger partial charge in [0.2, 0.25) is 0 Å². The predicted octanol–water partition coefficient (Wildman–Crippen LogP) is 4.21. The molecule has 2 aromatic rings. The van der Waals surface area contributed by atoms with E-state index < -0.39 is 7.60 Å². The third-order valence-corrected chi connectivity index (χ3v) is 4.17. The van der Waals surface area contributed by atoms with Crippen LogP contribution in [-0.4, -0.2) is 10.00 Å². The molecule has 0 aromatic heterocycles. The second-order valence-corrected chi connectivity index (χ2v) is 7.05. The van der Waals surface area contributed by atoms with Gasteiger partial charge in [-0.25, -0.2) is 0 Å². The van der Waals surface area contributed by atoms with Crippen LogP contribution in [0.4, 0.5) is 0 Å². The third-order valence-electron chi connectivity index (χ3n) is 3.10. The molecule has 0 saturated carbocycles. The van der Waals surface area contributed by atoms with Gasteiger partial charge in [-0.05, 0) is 29.7 Å². The minimum absolute atomic E-state index is 0.0915. The molecule has 0 saturated heterocycles. The Morgan fingerprint density at radius 2 is 1.82 bits per heavy atom. The molecule has 0 aliphatic rings. The molecule has 0 amide bonds. The predicted molar refractivity (Wildman–Crippen MR) is 83.9 cm³/mol. The summed E-state index contributed by atoms with van der Waals surface area (Å²) in [5.41, 5.74) is 1.36. The summed E-state index contributed by atoms with van der Waals surface area (Å²) in [4.78, 5) is 14.8. The lowest BCUT2D eigenvalue weighted by molar-refractivity contribution is -0.109. The van der Waals surface area contributed by atoms with E-state index in [9.17, 15) is 14.6 Å². The number of benzene rings is 2. The van der Waals surface area contributed by atoms with Gasteiger partial charge in [-0.1, -0.05) is 48.9 Å². The number of rotatable bonds is 6. The molecule has 1 atom stereocenters. The first-order valence-electron chi connectivity index (χ1n) is 6.92. The Balaban J connectivity index is 2.03. The van der Waals surface area contributed by atoms with Crippen LogP contribution < -0.4 is 4.89 Å². The van der Waals surface area contributed by atoms with E-state index in [1.165, 1.54) is 12.1 Å². The molecule has 2 aromatic carbocycles. The Morgan fingerprint density at radius 1 is 1.14 bits per heavy atom. The van der Waals surface area contributed by atoms with Crippen molar-refractivity contribution in [2.24, 2.45) is 0 Å². The van der Waals surface area contributed by atoms with E-state index in [2.05, 4.69) is 0 Å². The van der Waals surface area contributed by atoms with Crippen molar-refractivity contribution in [1.82, 2.24) is 0 Å². The van der Waals surface area contributed by atoms with Crippen molar-refractivity contribution in [2.45, 2.75) is 25.9 Å². The first-order chi connectivity index (χ1) is 10.4. The summed E-state index contributed by atoms with van der Waals surface area (Å²) < 4.78 is 16.7. The van der Waals surface area contributed by atoms with Gasteiger partial charge in [-0.3, -0.25) is 4.57 Å². The van der Waals surface area contributed by atoms with E-state index in [0.717, 1.165) is 0 Å². The minimum Gasteiger partial charge on any atom is -0.508 e. The standard InChI is InChI=1S/C16H19O5P/c1-12(2)15-10-14(8-9-16(15)17)20-21-22(18,19)11-13-6-4-3-5-7-13/h3-10,12,17H,11H2,1-2H3,(H,18,19). The molecule has 0 radical (unpaired) electrons. The summed E-state index contributed by atoms with van der Waals surface area (Å²) in [7, 11) is -3.92. The molecule has 2 N–H and O–H groups in total. The monoisotopic (exact) mass is 322 g/mol. The van der Waals surface area contributed by atoms with Crippen LogP contribution in [-0.2, 0) is 15.4 Å². The Labute approximate surface area is 129 Å². The zero-order valence-electron chi connectivity index (χ0n) is 12.5. The zero-order chi connectivity index (χ0) is 16.2. The highest BCUT2D eigenvalue weighted by atomic mass is 31.2. The van der Waals surface area contributed by atoms with Gasteiger partial charge in [0.25, 0.3) is 0 Å². The van der Waals surface area contributed by atoms with E-state index >= 15 is 0 Å². The lowest BCUT2D eigenvalue weighted by Crippen LogP contribution is -1.99. The molecule has 118 valence electrons. The molecule has 0 spiro atoms. The maximum Gasteiger partial charge on any atom is 0.370 e. The summed E-state index contributed by atoms with van der Waals surface area (Å²) in [6.07, 6.45) is -0.136. The molecule has 0 bridgehead atoms. The highest BCUT2D eigenvalue weighted by molar-refractivity contribution is 7.51. The van der Waals surface area contributed by atoms with E-state index in [-0.39, 0.29) is 23.6 Å². The first kappa shape index (κ1) is 16.6. The van der Waals surface area contributed by atoms with Crippen LogP contribution in [0.15, 0.2) is 48.5 Å². The highest BCUT2D eigenvalue weighted by Gasteiger charge is 2.22. The second kappa shape index (κ2) is 6.97. The van der Waals surface area contributed by atoms with E-state index in [1.54, 1.807) is 30.3 Å². The average Bonchev–Trinajstić information content (AvgIpc) is 2.47. The van der Waals surface area contributed by atoms with E-state index in [0.29, 0.717) is 11.1 Å². The number of hydrogen-bond donors (Lipinski definition) is 2. The maximum atomic E-state index is 12.0. The van der Waals surface area contributed by atoms with Crippen LogP contribution >= 0.6 is 7.60 Å². The van der Waals surface area contributed by atoms with Crippen molar-refractivity contribution < 1.29 is 24.1 Å². The van der Waals surface area contributed by atoms with E-state index in [4.69, 9.17) is 9.56 Å². The lowest BCUT2D eigenvalue weighted by atomic mass is 10.0. The van der Waals surface area contributed by atoms with Crippen molar-refractivity contribution in [1.29, 1.82) is 0 Å². The van der Waals surface area contributed by atoms with Gasteiger partial charge < -0.3 is 14.9 Å². The van der Waals surface area contributed by atoms with E-state index in [1.807, 2.05) is 19.9 Å². The van der Waals surface area contributed by atoms with Gasteiger partial charge in [-0.2, -0.15) is 0 Å². The molecule has 1 unspecified atom stereocenters. The van der Waals surface area contributed by atoms with Crippen LogP contribution in [0, 0.1) is 0 Å². The van der Waals surface area contributed by atoms with Crippen molar-refractivity contribution >= 4 is 7.60 Å². The molecule has 0 aliphatic carbocycles. The fourth-order valence-corrected chi connectivity index (χ4v) is 2.92. The summed E-state index contributed by atoms with van der Waals surface area (Å²) in [5.74, 6) is 0.511. The maximum absolute atomic E-state index is 12.0. The Bertz CT molecular complexity index is 669. The average molecular weight is 322 g/mol. The summed E-state index contributed by atoms with van der Waals surface area (Å²) in [6.45, 7) is 3.85. The fraction of sp³-hybridized carbons (Fsp3) is 0.250. The molecular weight excluding hydrogens is 303 g/mol. The van der Waals surface area contributed by atoms with Crippen LogP contribution in [0.5, 0.6) is 11.5 Å². The van der Waals surface area contributed by atoms with Crippen LogP contribution in [0.2, 0.25) is 0 Å². The third kappa shape index (κ3) is 4.60. The van der Waals surface area contributed by atoms with Gasteiger partial charge in [-0.15, -0.1) is 0 Å². The van der Waals surface area contributed by atoms with Gasteiger partial charge in [0.05, 0.1) is 6.16 Å². The molecule has 22 heavy (non-hydrogen) atoms. The Morgan fingerprint density at radius 3 is 2.45 bits per heavy atom. The van der Waals surface area contributed by atoms with Crippen LogP contribution in [0.25, 0.3) is 0 Å². The van der Waals surface area contributed by atoms with Crippen molar-refractivity contribution in [3.05, 3.63) is 59.7 Å². The molecule has 0 aliphatic heterocycles. The van der Waals surface area contributed by atoms with Crippen molar-refractivity contribution in [3.63, 3.8) is 0 Å². The number of hydrogen-bond acceptors (Lipinski definition) is 4. The summed E-state index contributed by atoms with van der Waals surface area (Å²) >= 11 is 0. The number of aromatic hydroxyl groups is 1. The molecular formula is C16H19O5P. The zero-order valence-corrected chi connectivity index (χ0v) is 13.4. The van der Waals surface area contributed by atoms with Gasteiger partial charge >= 0.3 is 7.60 Å². The highest BCUT2D eigenvalue weighted by Crippen LogP contribution is 2.46. The second-order valence-electron chi connectivity index (χ2n) is 5.31. The van der Waals surface area contributed by atoms with Crippen molar-refractivity contribution in [2.75, 3.05) is 0 Å². The lowest BCUT2D eigenvalue weighted by Gasteiger charge is -2.13. The number of phenols is 1. The van der Waals surface area contributed by atoms with Gasteiger partial charge in [0, 0.05) is 5.56 Å². The largest absolute Gasteiger partial charge is 0.508 e. The molecule has 2 rings (SSSR count). The smallest absolute Gasteiger partial charge is 0.370 e. The van der Waals surface area contributed by atoms with Crippen LogP contribution in [0.1, 0.15) is 30.9 Å². The topological polar surface area (TPSA) is 76.0 Å². The quantitative estimate of drug-likeness (QED) is 0.473. The SMILES string of the molecule is CC(C)c1cc(OOP(=O)(O)Cc2ccccc2)ccc1O. The van der Waals surface area contributed by atoms with Gasteiger partial charge in [0.15, 0.2) is 5.75 Å². The summed E-state index contributed by atoms with van der Waals surface area (Å²) in [6, 6.07) is 13.4.